The molecule has 0 fully saturated rings. The molecule has 1 aliphatic rings. The number of nitrogens with zero attached hydrogens (tertiary/aromatic N) is 1. The first kappa shape index (κ1) is 20.7. The molecule has 0 saturated carbocycles. The lowest BCUT2D eigenvalue weighted by molar-refractivity contribution is -0.123. The molecule has 0 bridgehead atoms. The number of carbonyl (C=O) groups excluding carboxylic acids is 2. The van der Waals surface area contributed by atoms with Gasteiger partial charge in [0.2, 0.25) is 0 Å². The smallest absolute Gasteiger partial charge is 0.443 e. The number of alkyl halides is 3. The topological polar surface area (TPSA) is 90.0 Å². The van der Waals surface area contributed by atoms with E-state index in [9.17, 15) is 31.2 Å². The fourth-order valence-electron chi connectivity index (χ4n) is 2.15. The predicted molar refractivity (Wildman–Crippen MR) is 87.4 cm³/mol. The van der Waals surface area contributed by atoms with Crippen LogP contribution in [0.15, 0.2) is 36.1 Å². The first-order valence-electron chi connectivity index (χ1n) is 7.57. The van der Waals surface area contributed by atoms with E-state index < -0.39 is 51.1 Å². The van der Waals surface area contributed by atoms with Gasteiger partial charge in [0, 0.05) is 0 Å². The summed E-state index contributed by atoms with van der Waals surface area (Å²) in [6.45, 7) is 3.78. The fourth-order valence-corrected chi connectivity index (χ4v) is 2.65. The zero-order valence-electron chi connectivity index (χ0n) is 14.5. The molecule has 0 spiro atoms. The van der Waals surface area contributed by atoms with Gasteiger partial charge < -0.3 is 8.92 Å². The molecule has 148 valence electrons. The maximum Gasteiger partial charge on any atom is 0.534 e. The summed E-state index contributed by atoms with van der Waals surface area (Å²) in [6, 6.07) is 7.30. The maximum absolute atomic E-state index is 12.7. The van der Waals surface area contributed by atoms with Crippen molar-refractivity contribution in [3.05, 3.63) is 41.7 Å². The number of benzene rings is 1. The Bertz CT molecular complexity index is 885. The molecule has 7 nitrogen and oxygen atoms in total. The van der Waals surface area contributed by atoms with E-state index >= 15 is 0 Å². The van der Waals surface area contributed by atoms with Gasteiger partial charge in [0.25, 0.3) is 5.91 Å². The molecule has 1 aromatic carbocycles. The second kappa shape index (κ2) is 6.87. The molecule has 0 saturated heterocycles. The molecule has 2 rings (SSSR count). The van der Waals surface area contributed by atoms with Crippen LogP contribution in [-0.2, 0) is 23.8 Å². The lowest BCUT2D eigenvalue weighted by Gasteiger charge is -2.23. The number of hydrogen-bond donors (Lipinski definition) is 0. The van der Waals surface area contributed by atoms with Gasteiger partial charge in [-0.3, -0.25) is 4.79 Å². The van der Waals surface area contributed by atoms with Gasteiger partial charge in [-0.15, -0.1) is 0 Å². The number of halogens is 3. The maximum atomic E-state index is 12.7. The molecule has 0 radical (unpaired) electrons. The van der Waals surface area contributed by atoms with Crippen LogP contribution < -0.4 is 0 Å². The van der Waals surface area contributed by atoms with Crippen LogP contribution in [0.25, 0.3) is 5.57 Å². The lowest BCUT2D eigenvalue weighted by Crippen LogP contribution is -2.38. The standard InChI is InChI=1S/C16H16F3NO6S/c1-15(2,3)25-14(22)20-9-11(26-27(23,24)16(17,18)19)12(13(20)21)10-7-5-4-6-8-10/h4-8H,9H2,1-3H3. The Balaban J connectivity index is 2.46. The summed E-state index contributed by atoms with van der Waals surface area (Å²) in [6.07, 6.45) is -1.14. The summed E-state index contributed by atoms with van der Waals surface area (Å²) >= 11 is 0. The first-order chi connectivity index (χ1) is 12.2. The molecule has 2 amide bonds. The Morgan fingerprint density at radius 3 is 2.15 bits per heavy atom. The summed E-state index contributed by atoms with van der Waals surface area (Å²) < 4.78 is 69.9. The Kier molecular flexibility index (Phi) is 5.28. The predicted octanol–water partition coefficient (Wildman–Crippen LogP) is 3.04. The van der Waals surface area contributed by atoms with Gasteiger partial charge >= 0.3 is 21.7 Å². The highest BCUT2D eigenvalue weighted by Gasteiger charge is 2.51. The van der Waals surface area contributed by atoms with Crippen LogP contribution in [0.4, 0.5) is 18.0 Å². The number of imide groups is 1. The Morgan fingerprint density at radius 2 is 1.67 bits per heavy atom. The van der Waals surface area contributed by atoms with Crippen molar-refractivity contribution in [2.75, 3.05) is 6.54 Å². The van der Waals surface area contributed by atoms with Crippen LogP contribution in [0.5, 0.6) is 0 Å². The van der Waals surface area contributed by atoms with Crippen molar-refractivity contribution >= 4 is 27.7 Å². The first-order valence-corrected chi connectivity index (χ1v) is 8.98. The van der Waals surface area contributed by atoms with Gasteiger partial charge in [0.05, 0.1) is 12.1 Å². The van der Waals surface area contributed by atoms with Crippen molar-refractivity contribution in [3.63, 3.8) is 0 Å². The molecule has 27 heavy (non-hydrogen) atoms. The fraction of sp³-hybridized carbons (Fsp3) is 0.375. The van der Waals surface area contributed by atoms with E-state index in [1.807, 2.05) is 0 Å². The van der Waals surface area contributed by atoms with E-state index in [1.54, 1.807) is 6.07 Å². The largest absolute Gasteiger partial charge is 0.534 e. The van der Waals surface area contributed by atoms with Gasteiger partial charge in [-0.25, -0.2) is 9.69 Å². The molecule has 0 atom stereocenters. The lowest BCUT2D eigenvalue weighted by atomic mass is 10.1. The Hall–Kier alpha value is -2.56. The second-order valence-electron chi connectivity index (χ2n) is 6.52. The molecule has 11 heteroatoms. The van der Waals surface area contributed by atoms with E-state index in [1.165, 1.54) is 45.0 Å². The Morgan fingerprint density at radius 1 is 1.11 bits per heavy atom. The molecule has 0 N–H and O–H groups in total. The summed E-state index contributed by atoms with van der Waals surface area (Å²) in [7, 11) is -6.02. The van der Waals surface area contributed by atoms with Crippen LogP contribution in [-0.4, -0.2) is 43.0 Å². The molecular formula is C16H16F3NO6S. The third-order valence-corrected chi connectivity index (χ3v) is 4.20. The van der Waals surface area contributed by atoms with Crippen LogP contribution >= 0.6 is 0 Å². The van der Waals surface area contributed by atoms with Gasteiger partial charge in [-0.05, 0) is 26.3 Å². The summed E-state index contributed by atoms with van der Waals surface area (Å²) in [5, 5.41) is 0. The average Bonchev–Trinajstić information content (AvgIpc) is 2.81. The van der Waals surface area contributed by atoms with Crippen LogP contribution in [0.3, 0.4) is 0 Å². The van der Waals surface area contributed by atoms with Crippen molar-refractivity contribution in [1.82, 2.24) is 4.90 Å². The summed E-state index contributed by atoms with van der Waals surface area (Å²) in [5.41, 5.74) is -7.04. The average molecular weight is 407 g/mol. The van der Waals surface area contributed by atoms with E-state index in [0.717, 1.165) is 0 Å². The molecule has 1 aromatic rings. The number of rotatable bonds is 3. The number of amides is 2. The van der Waals surface area contributed by atoms with Crippen molar-refractivity contribution in [2.24, 2.45) is 0 Å². The van der Waals surface area contributed by atoms with Gasteiger partial charge in [-0.2, -0.15) is 21.6 Å². The molecule has 0 aliphatic carbocycles. The van der Waals surface area contributed by atoms with Gasteiger partial charge in [-0.1, -0.05) is 30.3 Å². The van der Waals surface area contributed by atoms with Crippen LogP contribution in [0.2, 0.25) is 0 Å². The van der Waals surface area contributed by atoms with Crippen molar-refractivity contribution in [2.45, 2.75) is 31.9 Å². The van der Waals surface area contributed by atoms with Crippen molar-refractivity contribution in [1.29, 1.82) is 0 Å². The van der Waals surface area contributed by atoms with Gasteiger partial charge in [0.15, 0.2) is 5.76 Å². The monoisotopic (exact) mass is 407 g/mol. The normalized spacial score (nSPS) is 15.9. The third kappa shape index (κ3) is 4.59. The zero-order valence-corrected chi connectivity index (χ0v) is 15.3. The van der Waals surface area contributed by atoms with Crippen LogP contribution in [0, 0.1) is 0 Å². The van der Waals surface area contributed by atoms with E-state index in [-0.39, 0.29) is 5.56 Å². The van der Waals surface area contributed by atoms with E-state index in [0.29, 0.717) is 4.90 Å². The quantitative estimate of drug-likeness (QED) is 0.565. The van der Waals surface area contributed by atoms with Gasteiger partial charge in [0.1, 0.15) is 5.60 Å². The summed E-state index contributed by atoms with van der Waals surface area (Å²) in [5.74, 6) is -1.84. The molecule has 1 aliphatic heterocycles. The molecule has 0 aromatic heterocycles. The highest BCUT2D eigenvalue weighted by Crippen LogP contribution is 2.34. The number of ether oxygens (including phenoxy) is 1. The molecule has 0 unspecified atom stereocenters. The molecule has 1 heterocycles. The van der Waals surface area contributed by atoms with E-state index in [2.05, 4.69) is 4.18 Å². The minimum Gasteiger partial charge on any atom is -0.443 e. The summed E-state index contributed by atoms with van der Waals surface area (Å²) in [4.78, 5) is 25.3. The van der Waals surface area contributed by atoms with Crippen molar-refractivity contribution < 1.29 is 40.1 Å². The SMILES string of the molecule is CC(C)(C)OC(=O)N1CC(OS(=O)(=O)C(F)(F)F)=C(c2ccccc2)C1=O. The van der Waals surface area contributed by atoms with Crippen molar-refractivity contribution in [3.8, 4) is 0 Å². The second-order valence-corrected chi connectivity index (χ2v) is 8.06. The number of carbonyl (C=O) groups is 2. The van der Waals surface area contributed by atoms with E-state index in [4.69, 9.17) is 4.74 Å². The zero-order chi connectivity index (χ0) is 20.6. The van der Waals surface area contributed by atoms with Crippen LogP contribution in [0.1, 0.15) is 26.3 Å². The number of hydrogen-bond acceptors (Lipinski definition) is 6. The molecular weight excluding hydrogens is 391 g/mol. The Labute approximate surface area is 153 Å². The minimum absolute atomic E-state index is 0.0981. The minimum atomic E-state index is -6.02. The highest BCUT2D eigenvalue weighted by atomic mass is 32.2. The highest BCUT2D eigenvalue weighted by molar-refractivity contribution is 7.87. The third-order valence-electron chi connectivity index (χ3n) is 3.21.